The van der Waals surface area contributed by atoms with Crippen LogP contribution in [0.25, 0.3) is 23.0 Å². The van der Waals surface area contributed by atoms with Gasteiger partial charge in [-0.2, -0.15) is 5.10 Å². The van der Waals surface area contributed by atoms with Crippen molar-refractivity contribution in [2.24, 2.45) is 0 Å². The molecule has 8 nitrogen and oxygen atoms in total. The lowest BCUT2D eigenvalue weighted by atomic mass is 10.1. The molecule has 0 fully saturated rings. The highest BCUT2D eigenvalue weighted by molar-refractivity contribution is 6.33. The summed E-state index contributed by atoms with van der Waals surface area (Å²) in [6, 6.07) is 7.73. The fourth-order valence-electron chi connectivity index (χ4n) is 2.60. The predicted octanol–water partition coefficient (Wildman–Crippen LogP) is 2.98. The number of nitrogens with zero attached hydrogens (tertiary/aromatic N) is 5. The van der Waals surface area contributed by atoms with Gasteiger partial charge in [-0.25, -0.2) is 4.68 Å². The molecule has 148 valence electrons. The molecule has 3 aromatic rings. The van der Waals surface area contributed by atoms with Crippen molar-refractivity contribution in [3.63, 3.8) is 0 Å². The predicted molar refractivity (Wildman–Crippen MR) is 105 cm³/mol. The minimum Gasteiger partial charge on any atom is -0.463 e. The van der Waals surface area contributed by atoms with Crippen LogP contribution in [0.3, 0.4) is 0 Å². The van der Waals surface area contributed by atoms with E-state index >= 15 is 0 Å². The summed E-state index contributed by atoms with van der Waals surface area (Å²) in [5, 5.41) is 12.9. The number of carbonyl (C=O) groups excluding carboxylic acids is 1. The van der Waals surface area contributed by atoms with Gasteiger partial charge in [-0.3, -0.25) is 4.79 Å². The number of likely N-dealkylation sites (N-methyl/N-ethyl adjacent to an activating group) is 1. The van der Waals surface area contributed by atoms with Crippen molar-refractivity contribution >= 4 is 17.6 Å². The van der Waals surface area contributed by atoms with Crippen molar-refractivity contribution in [3.05, 3.63) is 40.5 Å². The molecule has 0 bridgehead atoms. The lowest BCUT2D eigenvalue weighted by molar-refractivity contribution is -0.144. The van der Waals surface area contributed by atoms with Crippen molar-refractivity contribution in [1.82, 2.24) is 24.9 Å². The normalized spacial score (nSPS) is 11.2. The van der Waals surface area contributed by atoms with Gasteiger partial charge in [-0.15, -0.1) is 10.2 Å². The fourth-order valence-corrected chi connectivity index (χ4v) is 2.82. The van der Waals surface area contributed by atoms with Crippen molar-refractivity contribution in [2.45, 2.75) is 20.4 Å². The van der Waals surface area contributed by atoms with Crippen LogP contribution in [0, 0.1) is 13.8 Å². The van der Waals surface area contributed by atoms with Crippen LogP contribution in [-0.2, 0) is 16.1 Å². The smallest absolute Gasteiger partial charge is 0.327 e. The minimum absolute atomic E-state index is 0.0987. The third kappa shape index (κ3) is 4.58. The van der Waals surface area contributed by atoms with Crippen molar-refractivity contribution < 1.29 is 13.9 Å². The van der Waals surface area contributed by atoms with Crippen LogP contribution in [0.15, 0.2) is 28.7 Å². The summed E-state index contributed by atoms with van der Waals surface area (Å²) < 4.78 is 12.5. The second kappa shape index (κ2) is 8.53. The van der Waals surface area contributed by atoms with E-state index in [1.807, 2.05) is 50.2 Å². The largest absolute Gasteiger partial charge is 0.463 e. The Morgan fingerprint density at radius 3 is 2.71 bits per heavy atom. The monoisotopic (exact) mass is 403 g/mol. The van der Waals surface area contributed by atoms with E-state index in [1.165, 1.54) is 4.68 Å². The maximum atomic E-state index is 12.2. The molecule has 0 atom stereocenters. The molecule has 0 saturated carbocycles. The Morgan fingerprint density at radius 2 is 2.00 bits per heavy atom. The van der Waals surface area contributed by atoms with Gasteiger partial charge in [-0.05, 0) is 40.1 Å². The summed E-state index contributed by atoms with van der Waals surface area (Å²) in [5.41, 5.74) is 2.85. The van der Waals surface area contributed by atoms with E-state index in [0.717, 1.165) is 11.1 Å². The number of halogens is 1. The molecule has 0 saturated heterocycles. The number of esters is 1. The van der Waals surface area contributed by atoms with Gasteiger partial charge in [0, 0.05) is 12.1 Å². The topological polar surface area (TPSA) is 86.3 Å². The fraction of sp³-hybridized carbons (Fsp3) is 0.368. The Balaban J connectivity index is 1.84. The summed E-state index contributed by atoms with van der Waals surface area (Å²) in [6.07, 6.45) is 0. The Bertz CT molecular complexity index is 980. The van der Waals surface area contributed by atoms with Crippen molar-refractivity contribution in [2.75, 3.05) is 27.2 Å². The molecule has 0 aliphatic carbocycles. The van der Waals surface area contributed by atoms with Crippen molar-refractivity contribution in [3.8, 4) is 23.0 Å². The number of aryl methyl sites for hydroxylation is 2. The third-order valence-electron chi connectivity index (χ3n) is 4.03. The second-order valence-electron chi connectivity index (χ2n) is 6.71. The average molecular weight is 404 g/mol. The first kappa shape index (κ1) is 20.0. The maximum absolute atomic E-state index is 12.2. The Labute approximate surface area is 168 Å². The molecule has 0 spiro atoms. The van der Waals surface area contributed by atoms with E-state index in [0.29, 0.717) is 35.5 Å². The molecule has 0 amide bonds. The molecule has 9 heteroatoms. The first-order valence-electron chi connectivity index (χ1n) is 8.79. The summed E-state index contributed by atoms with van der Waals surface area (Å²) in [5.74, 6) is 0.151. The van der Waals surface area contributed by atoms with E-state index < -0.39 is 5.97 Å². The second-order valence-corrected chi connectivity index (χ2v) is 7.09. The van der Waals surface area contributed by atoms with Crippen LogP contribution in [-0.4, -0.2) is 58.1 Å². The van der Waals surface area contributed by atoms with Gasteiger partial charge in [0.25, 0.3) is 5.89 Å². The molecule has 2 heterocycles. The van der Waals surface area contributed by atoms with Gasteiger partial charge >= 0.3 is 5.97 Å². The number of benzene rings is 1. The first-order chi connectivity index (χ1) is 13.3. The van der Waals surface area contributed by atoms with E-state index in [1.54, 1.807) is 6.92 Å². The SMILES string of the molecule is Cc1cccc(-c2nnc(-c3c(Cl)c(C)nn3CC(=O)OCCN(C)C)o2)c1. The summed E-state index contributed by atoms with van der Waals surface area (Å²) in [4.78, 5) is 14.1. The minimum atomic E-state index is -0.416. The molecule has 1 aromatic carbocycles. The Kier molecular flexibility index (Phi) is 6.11. The molecule has 0 unspecified atom stereocenters. The van der Waals surface area contributed by atoms with Crippen LogP contribution >= 0.6 is 11.6 Å². The molecule has 0 aliphatic heterocycles. The van der Waals surface area contributed by atoms with E-state index in [9.17, 15) is 4.79 Å². The Hall–Kier alpha value is -2.71. The van der Waals surface area contributed by atoms with Gasteiger partial charge < -0.3 is 14.1 Å². The number of aromatic nitrogens is 4. The van der Waals surface area contributed by atoms with E-state index in [4.69, 9.17) is 20.8 Å². The highest BCUT2D eigenvalue weighted by Crippen LogP contribution is 2.31. The van der Waals surface area contributed by atoms with Crippen LogP contribution in [0.5, 0.6) is 0 Å². The number of carbonyl (C=O) groups is 1. The highest BCUT2D eigenvalue weighted by Gasteiger charge is 2.23. The molecule has 0 radical (unpaired) electrons. The summed E-state index contributed by atoms with van der Waals surface area (Å²) in [7, 11) is 3.81. The molecule has 0 aliphatic rings. The quantitative estimate of drug-likeness (QED) is 0.560. The lowest BCUT2D eigenvalue weighted by Crippen LogP contribution is -2.22. The van der Waals surface area contributed by atoms with Crippen LogP contribution < -0.4 is 0 Å². The standard InChI is InChI=1S/C19H22ClN5O3/c1-12-6-5-7-14(10-12)18-21-22-19(28-18)17-16(20)13(2)23-25(17)11-15(26)27-9-8-24(3)4/h5-7,10H,8-9,11H2,1-4H3. The summed E-state index contributed by atoms with van der Waals surface area (Å²) >= 11 is 6.39. The molecular formula is C19H22ClN5O3. The van der Waals surface area contributed by atoms with E-state index in [-0.39, 0.29) is 12.4 Å². The number of ether oxygens (including phenoxy) is 1. The molecule has 2 aromatic heterocycles. The van der Waals surface area contributed by atoms with Crippen LogP contribution in [0.2, 0.25) is 5.02 Å². The number of hydrogen-bond donors (Lipinski definition) is 0. The van der Waals surface area contributed by atoms with Crippen LogP contribution in [0.4, 0.5) is 0 Å². The van der Waals surface area contributed by atoms with Crippen LogP contribution in [0.1, 0.15) is 11.3 Å². The average Bonchev–Trinajstić information content (AvgIpc) is 3.20. The number of hydrogen-bond acceptors (Lipinski definition) is 7. The third-order valence-corrected chi connectivity index (χ3v) is 4.48. The zero-order valence-electron chi connectivity index (χ0n) is 16.3. The van der Waals surface area contributed by atoms with Gasteiger partial charge in [0.05, 0.1) is 10.7 Å². The Morgan fingerprint density at radius 1 is 1.25 bits per heavy atom. The summed E-state index contributed by atoms with van der Waals surface area (Å²) in [6.45, 7) is 4.57. The van der Waals surface area contributed by atoms with Gasteiger partial charge in [0.1, 0.15) is 18.8 Å². The lowest BCUT2D eigenvalue weighted by Gasteiger charge is -2.10. The van der Waals surface area contributed by atoms with Gasteiger partial charge in [0.2, 0.25) is 5.89 Å². The van der Waals surface area contributed by atoms with Crippen molar-refractivity contribution in [1.29, 1.82) is 0 Å². The maximum Gasteiger partial charge on any atom is 0.327 e. The first-order valence-corrected chi connectivity index (χ1v) is 9.17. The molecule has 3 rings (SSSR count). The molecular weight excluding hydrogens is 382 g/mol. The van der Waals surface area contributed by atoms with E-state index in [2.05, 4.69) is 15.3 Å². The van der Waals surface area contributed by atoms with Gasteiger partial charge in [-0.1, -0.05) is 29.3 Å². The molecule has 0 N–H and O–H groups in total. The highest BCUT2D eigenvalue weighted by atomic mass is 35.5. The zero-order chi connectivity index (χ0) is 20.3. The van der Waals surface area contributed by atoms with Gasteiger partial charge in [0.15, 0.2) is 0 Å². The number of rotatable bonds is 7. The zero-order valence-corrected chi connectivity index (χ0v) is 17.0. The molecule has 28 heavy (non-hydrogen) atoms.